The molecule has 0 heterocycles. The first kappa shape index (κ1) is 15.4. The van der Waals surface area contributed by atoms with Crippen molar-refractivity contribution in [1.82, 2.24) is 0 Å². The quantitative estimate of drug-likeness (QED) is 0.624. The molecule has 106 valence electrons. The van der Waals surface area contributed by atoms with Crippen molar-refractivity contribution in [3.8, 4) is 17.6 Å². The van der Waals surface area contributed by atoms with Gasteiger partial charge in [-0.25, -0.2) is 0 Å². The van der Waals surface area contributed by atoms with Crippen LogP contribution in [0.2, 0.25) is 5.02 Å². The lowest BCUT2D eigenvalue weighted by Gasteiger charge is -2.07. The molecule has 0 aliphatic heterocycles. The van der Waals surface area contributed by atoms with E-state index in [0.29, 0.717) is 11.1 Å². The largest absolute Gasteiger partial charge is 0.503 e. The first-order valence-corrected chi connectivity index (χ1v) is 7.16. The summed E-state index contributed by atoms with van der Waals surface area (Å²) < 4.78 is 5.99. The summed E-state index contributed by atoms with van der Waals surface area (Å²) in [6.45, 7) is 0. The summed E-state index contributed by atoms with van der Waals surface area (Å²) >= 11 is 9.30. The second kappa shape index (κ2) is 6.66. The van der Waals surface area contributed by atoms with Gasteiger partial charge in [0, 0.05) is 4.47 Å². The maximum atomic E-state index is 9.71. The molecule has 0 saturated carbocycles. The van der Waals surface area contributed by atoms with Gasteiger partial charge in [0.15, 0.2) is 11.5 Å². The Kier molecular flexibility index (Phi) is 4.89. The Bertz CT molecular complexity index is 733. The number of rotatable bonds is 3. The Morgan fingerprint density at radius 3 is 2.57 bits per heavy atom. The Balaban J connectivity index is 2.48. The second-order valence-electron chi connectivity index (χ2n) is 4.23. The molecule has 21 heavy (non-hydrogen) atoms. The minimum absolute atomic E-state index is 0.113. The maximum absolute atomic E-state index is 9.71. The minimum atomic E-state index is -0.113. The molecule has 2 aromatic carbocycles. The van der Waals surface area contributed by atoms with Crippen LogP contribution in [0, 0.1) is 11.3 Å². The monoisotopic (exact) mass is 363 g/mol. The SMILES string of the molecule is COc1cc(/C=C(/C#N)c2ccc(Br)cc2)cc(Cl)c1O. The number of benzene rings is 2. The van der Waals surface area contributed by atoms with E-state index in [1.165, 1.54) is 7.11 Å². The lowest BCUT2D eigenvalue weighted by molar-refractivity contribution is 0.373. The predicted molar refractivity (Wildman–Crippen MR) is 87.3 cm³/mol. The van der Waals surface area contributed by atoms with E-state index in [1.54, 1.807) is 18.2 Å². The number of aromatic hydroxyl groups is 1. The lowest BCUT2D eigenvalue weighted by atomic mass is 10.0. The third kappa shape index (κ3) is 3.57. The van der Waals surface area contributed by atoms with Gasteiger partial charge in [-0.2, -0.15) is 5.26 Å². The van der Waals surface area contributed by atoms with E-state index in [9.17, 15) is 10.4 Å². The number of hydrogen-bond donors (Lipinski definition) is 1. The molecule has 2 rings (SSSR count). The van der Waals surface area contributed by atoms with E-state index in [4.69, 9.17) is 16.3 Å². The Labute approximate surface area is 136 Å². The lowest BCUT2D eigenvalue weighted by Crippen LogP contribution is -1.87. The maximum Gasteiger partial charge on any atom is 0.176 e. The van der Waals surface area contributed by atoms with E-state index in [-0.39, 0.29) is 16.5 Å². The highest BCUT2D eigenvalue weighted by Gasteiger charge is 2.09. The third-order valence-electron chi connectivity index (χ3n) is 2.86. The molecule has 0 unspecified atom stereocenters. The van der Waals surface area contributed by atoms with Gasteiger partial charge in [0.05, 0.1) is 23.8 Å². The van der Waals surface area contributed by atoms with Gasteiger partial charge in [0.1, 0.15) is 0 Å². The summed E-state index contributed by atoms with van der Waals surface area (Å²) in [6.07, 6.45) is 1.69. The summed E-state index contributed by atoms with van der Waals surface area (Å²) in [4.78, 5) is 0. The molecule has 3 nitrogen and oxygen atoms in total. The number of ether oxygens (including phenoxy) is 1. The van der Waals surface area contributed by atoms with Crippen molar-refractivity contribution < 1.29 is 9.84 Å². The van der Waals surface area contributed by atoms with Crippen LogP contribution in [0.25, 0.3) is 11.6 Å². The molecular weight excluding hydrogens is 354 g/mol. The summed E-state index contributed by atoms with van der Waals surface area (Å²) in [7, 11) is 1.44. The van der Waals surface area contributed by atoms with Crippen LogP contribution in [0.5, 0.6) is 11.5 Å². The van der Waals surface area contributed by atoms with Gasteiger partial charge in [-0.1, -0.05) is 39.7 Å². The zero-order valence-corrected chi connectivity index (χ0v) is 13.4. The predicted octanol–water partition coefficient (Wildman–Crippen LogP) is 4.88. The van der Waals surface area contributed by atoms with Gasteiger partial charge in [-0.15, -0.1) is 0 Å². The number of allylic oxidation sites excluding steroid dienone is 1. The van der Waals surface area contributed by atoms with Gasteiger partial charge in [0.25, 0.3) is 0 Å². The summed E-state index contributed by atoms with van der Waals surface area (Å²) in [5.74, 6) is 0.153. The van der Waals surface area contributed by atoms with Crippen LogP contribution in [-0.4, -0.2) is 12.2 Å². The average molecular weight is 365 g/mol. The van der Waals surface area contributed by atoms with Crippen molar-refractivity contribution in [3.05, 3.63) is 57.0 Å². The van der Waals surface area contributed by atoms with E-state index < -0.39 is 0 Å². The van der Waals surface area contributed by atoms with Crippen LogP contribution in [0.15, 0.2) is 40.9 Å². The van der Waals surface area contributed by atoms with Crippen molar-refractivity contribution in [3.63, 3.8) is 0 Å². The average Bonchev–Trinajstić information content (AvgIpc) is 2.49. The normalized spacial score (nSPS) is 11.0. The van der Waals surface area contributed by atoms with Gasteiger partial charge in [-0.05, 0) is 41.5 Å². The van der Waals surface area contributed by atoms with Crippen molar-refractivity contribution >= 4 is 39.2 Å². The third-order valence-corrected chi connectivity index (χ3v) is 3.67. The number of phenols is 1. The van der Waals surface area contributed by atoms with Gasteiger partial charge >= 0.3 is 0 Å². The van der Waals surface area contributed by atoms with Crippen molar-refractivity contribution in [2.24, 2.45) is 0 Å². The highest BCUT2D eigenvalue weighted by molar-refractivity contribution is 9.10. The molecule has 1 N–H and O–H groups in total. The molecule has 0 bridgehead atoms. The van der Waals surface area contributed by atoms with Gasteiger partial charge < -0.3 is 9.84 Å². The minimum Gasteiger partial charge on any atom is -0.503 e. The summed E-state index contributed by atoms with van der Waals surface area (Å²) in [5, 5.41) is 19.2. The molecule has 0 aliphatic carbocycles. The van der Waals surface area contributed by atoms with Crippen LogP contribution in [0.4, 0.5) is 0 Å². The van der Waals surface area contributed by atoms with Crippen LogP contribution in [-0.2, 0) is 0 Å². The van der Waals surface area contributed by atoms with Crippen LogP contribution < -0.4 is 4.74 Å². The van der Waals surface area contributed by atoms with E-state index in [1.807, 2.05) is 24.3 Å². The van der Waals surface area contributed by atoms with Crippen LogP contribution >= 0.6 is 27.5 Å². The molecule has 5 heteroatoms. The Morgan fingerprint density at radius 1 is 1.33 bits per heavy atom. The first-order chi connectivity index (χ1) is 10.0. The molecule has 0 aliphatic rings. The van der Waals surface area contributed by atoms with Crippen molar-refractivity contribution in [2.75, 3.05) is 7.11 Å². The van der Waals surface area contributed by atoms with E-state index >= 15 is 0 Å². The summed E-state index contributed by atoms with van der Waals surface area (Å²) in [6, 6.07) is 12.8. The number of halogens is 2. The first-order valence-electron chi connectivity index (χ1n) is 5.99. The van der Waals surface area contributed by atoms with E-state index in [0.717, 1.165) is 10.0 Å². The van der Waals surface area contributed by atoms with Gasteiger partial charge in [0.2, 0.25) is 0 Å². The molecule has 0 amide bonds. The van der Waals surface area contributed by atoms with E-state index in [2.05, 4.69) is 22.0 Å². The Morgan fingerprint density at radius 2 is 2.00 bits per heavy atom. The standard InChI is InChI=1S/C16H11BrClNO2/c1-21-15-8-10(7-14(18)16(15)20)6-12(9-19)11-2-4-13(17)5-3-11/h2-8,20H,1H3/b12-6-. The van der Waals surface area contributed by atoms with Crippen molar-refractivity contribution in [2.45, 2.75) is 0 Å². The fraction of sp³-hybridized carbons (Fsp3) is 0.0625. The molecular formula is C16H11BrClNO2. The van der Waals surface area contributed by atoms with Crippen LogP contribution in [0.3, 0.4) is 0 Å². The zero-order chi connectivity index (χ0) is 15.4. The number of nitrogens with zero attached hydrogens (tertiary/aromatic N) is 1. The molecule has 0 aromatic heterocycles. The topological polar surface area (TPSA) is 53.2 Å². The number of hydrogen-bond acceptors (Lipinski definition) is 3. The fourth-order valence-corrected chi connectivity index (χ4v) is 2.29. The molecule has 0 atom stereocenters. The van der Waals surface area contributed by atoms with Crippen LogP contribution in [0.1, 0.15) is 11.1 Å². The van der Waals surface area contributed by atoms with Crippen molar-refractivity contribution in [1.29, 1.82) is 5.26 Å². The highest BCUT2D eigenvalue weighted by Crippen LogP contribution is 2.36. The molecule has 0 spiro atoms. The zero-order valence-electron chi connectivity index (χ0n) is 11.1. The molecule has 0 radical (unpaired) electrons. The Hall–Kier alpha value is -1.96. The summed E-state index contributed by atoms with van der Waals surface area (Å²) in [5.41, 5.74) is 1.96. The fourth-order valence-electron chi connectivity index (χ4n) is 1.81. The number of nitriles is 1. The molecule has 0 fully saturated rings. The molecule has 0 saturated heterocycles. The second-order valence-corrected chi connectivity index (χ2v) is 5.55. The molecule has 2 aromatic rings. The highest BCUT2D eigenvalue weighted by atomic mass is 79.9. The van der Waals surface area contributed by atoms with Gasteiger partial charge in [-0.3, -0.25) is 0 Å². The smallest absolute Gasteiger partial charge is 0.176 e. The number of methoxy groups -OCH3 is 1. The number of phenolic OH excluding ortho intramolecular Hbond substituents is 1.